The second-order valence-corrected chi connectivity index (χ2v) is 5.39. The molecule has 1 aromatic heterocycles. The van der Waals surface area contributed by atoms with Crippen LogP contribution in [0, 0.1) is 6.92 Å². The number of benzene rings is 1. The monoisotopic (exact) mass is 294 g/mol. The van der Waals surface area contributed by atoms with Crippen molar-refractivity contribution in [3.05, 3.63) is 29.6 Å². The first-order chi connectivity index (χ1) is 9.54. The number of rotatable bonds is 5. The third-order valence-electron chi connectivity index (χ3n) is 3.20. The van der Waals surface area contributed by atoms with Crippen molar-refractivity contribution in [1.29, 1.82) is 0 Å². The number of esters is 1. The summed E-state index contributed by atoms with van der Waals surface area (Å²) in [7, 11) is 0. The Morgan fingerprint density at radius 2 is 2.25 bits per heavy atom. The van der Waals surface area contributed by atoms with Gasteiger partial charge in [0.2, 0.25) is 0 Å². The van der Waals surface area contributed by atoms with Gasteiger partial charge in [0.1, 0.15) is 5.82 Å². The number of imidazole rings is 1. The lowest BCUT2D eigenvalue weighted by atomic mass is 10.2. The molecule has 20 heavy (non-hydrogen) atoms. The summed E-state index contributed by atoms with van der Waals surface area (Å²) in [6.45, 7) is 6.67. The quantitative estimate of drug-likeness (QED) is 0.625. The number of carbonyl (C=O) groups excluding carboxylic acids is 1. The van der Waals surface area contributed by atoms with E-state index in [-0.39, 0.29) is 11.3 Å². The summed E-state index contributed by atoms with van der Waals surface area (Å²) in [6, 6.07) is 5.97. The maximum absolute atomic E-state index is 11.6. The van der Waals surface area contributed by atoms with E-state index in [2.05, 4.69) is 4.98 Å². The van der Waals surface area contributed by atoms with Crippen molar-refractivity contribution in [2.24, 2.45) is 0 Å². The highest BCUT2D eigenvalue weighted by molar-refractivity contribution is 6.20. The molecule has 0 amide bonds. The molecule has 2 rings (SSSR count). The van der Waals surface area contributed by atoms with E-state index < -0.39 is 0 Å². The average Bonchev–Trinajstić information content (AvgIpc) is 2.77. The van der Waals surface area contributed by atoms with Gasteiger partial charge in [0.05, 0.1) is 29.4 Å². The molecule has 0 aliphatic heterocycles. The maximum Gasteiger partial charge on any atom is 0.307 e. The number of ether oxygens (including phenoxy) is 1. The van der Waals surface area contributed by atoms with Gasteiger partial charge in [0.25, 0.3) is 0 Å². The molecule has 0 spiro atoms. The molecule has 0 N–H and O–H groups in total. The van der Waals surface area contributed by atoms with Crippen molar-refractivity contribution in [2.45, 2.75) is 39.1 Å². The minimum absolute atomic E-state index is 0.198. The normalized spacial score (nSPS) is 12.6. The minimum Gasteiger partial charge on any atom is -0.466 e. The first kappa shape index (κ1) is 14.9. The first-order valence-electron chi connectivity index (χ1n) is 6.80. The fraction of sp³-hybridized carbons (Fsp3) is 0.467. The Hall–Kier alpha value is -1.55. The molecule has 4 nitrogen and oxygen atoms in total. The Morgan fingerprint density at radius 3 is 2.90 bits per heavy atom. The van der Waals surface area contributed by atoms with Gasteiger partial charge < -0.3 is 9.30 Å². The summed E-state index contributed by atoms with van der Waals surface area (Å²) in [5.41, 5.74) is 3.08. The van der Waals surface area contributed by atoms with Gasteiger partial charge in [-0.15, -0.1) is 11.6 Å². The van der Waals surface area contributed by atoms with Gasteiger partial charge >= 0.3 is 5.97 Å². The minimum atomic E-state index is -0.205. The number of hydrogen-bond donors (Lipinski definition) is 0. The second kappa shape index (κ2) is 6.27. The van der Waals surface area contributed by atoms with Crippen LogP contribution < -0.4 is 0 Å². The van der Waals surface area contributed by atoms with Crippen molar-refractivity contribution in [1.82, 2.24) is 9.55 Å². The average molecular weight is 295 g/mol. The number of hydrogen-bond acceptors (Lipinski definition) is 3. The molecular weight excluding hydrogens is 276 g/mol. The highest BCUT2D eigenvalue weighted by atomic mass is 35.5. The standard InChI is InChI=1S/C15H19ClN2O2/c1-4-20-13(19)8-9-18-14-10(2)6-5-7-12(14)17-15(18)11(3)16/h5-7,11H,4,8-9H2,1-3H3. The van der Waals surface area contributed by atoms with Crippen LogP contribution in [0.1, 0.15) is 37.0 Å². The number of halogens is 1. The van der Waals surface area contributed by atoms with Crippen molar-refractivity contribution >= 4 is 28.6 Å². The third kappa shape index (κ3) is 2.96. The molecule has 108 valence electrons. The van der Waals surface area contributed by atoms with Gasteiger partial charge in [-0.05, 0) is 32.4 Å². The SMILES string of the molecule is CCOC(=O)CCn1c(C(C)Cl)nc2cccc(C)c21. The van der Waals surface area contributed by atoms with E-state index in [1.54, 1.807) is 6.92 Å². The van der Waals surface area contributed by atoms with Crippen LogP contribution in [0.15, 0.2) is 18.2 Å². The molecule has 0 saturated heterocycles. The summed E-state index contributed by atoms with van der Waals surface area (Å²) in [5, 5.41) is -0.205. The zero-order valence-electron chi connectivity index (χ0n) is 12.0. The van der Waals surface area contributed by atoms with Crippen LogP contribution in [0.4, 0.5) is 0 Å². The Labute approximate surface area is 123 Å². The molecule has 1 atom stereocenters. The zero-order valence-corrected chi connectivity index (χ0v) is 12.8. The summed E-state index contributed by atoms with van der Waals surface area (Å²) in [5.74, 6) is 0.594. The molecule has 0 fully saturated rings. The van der Waals surface area contributed by atoms with Crippen LogP contribution in [0.3, 0.4) is 0 Å². The molecule has 0 aliphatic rings. The number of carbonyl (C=O) groups is 1. The number of nitrogens with zero attached hydrogens (tertiary/aromatic N) is 2. The predicted molar refractivity (Wildman–Crippen MR) is 80.0 cm³/mol. The van der Waals surface area contributed by atoms with E-state index in [1.807, 2.05) is 36.6 Å². The van der Waals surface area contributed by atoms with Crippen LogP contribution in [0.2, 0.25) is 0 Å². The Kier molecular flexibility index (Phi) is 4.65. The molecule has 1 aromatic carbocycles. The second-order valence-electron chi connectivity index (χ2n) is 4.74. The molecule has 1 unspecified atom stereocenters. The summed E-state index contributed by atoms with van der Waals surface area (Å²) in [6.07, 6.45) is 0.324. The first-order valence-corrected chi connectivity index (χ1v) is 7.23. The number of aryl methyl sites for hydroxylation is 2. The molecule has 0 radical (unpaired) electrons. The highest BCUT2D eigenvalue weighted by Crippen LogP contribution is 2.26. The van der Waals surface area contributed by atoms with E-state index in [4.69, 9.17) is 16.3 Å². The summed E-state index contributed by atoms with van der Waals surface area (Å²) >= 11 is 6.21. The van der Waals surface area contributed by atoms with Gasteiger partial charge in [-0.2, -0.15) is 0 Å². The molecule has 0 bridgehead atoms. The van der Waals surface area contributed by atoms with E-state index in [1.165, 1.54) is 0 Å². The number of fused-ring (bicyclic) bond motifs is 1. The lowest BCUT2D eigenvalue weighted by Crippen LogP contribution is -2.11. The number of para-hydroxylation sites is 1. The smallest absolute Gasteiger partial charge is 0.307 e. The Balaban J connectivity index is 2.38. The van der Waals surface area contributed by atoms with Crippen molar-refractivity contribution in [3.8, 4) is 0 Å². The highest BCUT2D eigenvalue weighted by Gasteiger charge is 2.17. The van der Waals surface area contributed by atoms with Crippen molar-refractivity contribution in [2.75, 3.05) is 6.61 Å². The van der Waals surface area contributed by atoms with Crippen LogP contribution >= 0.6 is 11.6 Å². The third-order valence-corrected chi connectivity index (χ3v) is 3.39. The lowest BCUT2D eigenvalue weighted by Gasteiger charge is -2.11. The molecule has 0 aliphatic carbocycles. The van der Waals surface area contributed by atoms with Crippen molar-refractivity contribution < 1.29 is 9.53 Å². The summed E-state index contributed by atoms with van der Waals surface area (Å²) in [4.78, 5) is 16.1. The Bertz CT molecular complexity index is 620. The topological polar surface area (TPSA) is 44.1 Å². The predicted octanol–water partition coefficient (Wildman–Crippen LogP) is 3.60. The number of aromatic nitrogens is 2. The molecule has 0 saturated carbocycles. The van der Waals surface area contributed by atoms with E-state index >= 15 is 0 Å². The fourth-order valence-electron chi connectivity index (χ4n) is 2.35. The van der Waals surface area contributed by atoms with Crippen LogP contribution in [0.5, 0.6) is 0 Å². The summed E-state index contributed by atoms with van der Waals surface area (Å²) < 4.78 is 7.00. The number of alkyl halides is 1. The van der Waals surface area contributed by atoms with Gasteiger partial charge in [-0.1, -0.05) is 12.1 Å². The maximum atomic E-state index is 11.6. The van der Waals surface area contributed by atoms with E-state index in [9.17, 15) is 4.79 Å². The molecule has 2 aromatic rings. The zero-order chi connectivity index (χ0) is 14.7. The molecular formula is C15H19ClN2O2. The molecule has 1 heterocycles. The van der Waals surface area contributed by atoms with E-state index in [0.29, 0.717) is 19.6 Å². The van der Waals surface area contributed by atoms with Gasteiger partial charge in [-0.3, -0.25) is 4.79 Å². The van der Waals surface area contributed by atoms with Gasteiger partial charge in [0, 0.05) is 6.54 Å². The van der Waals surface area contributed by atoms with Crippen LogP contribution in [-0.2, 0) is 16.1 Å². The van der Waals surface area contributed by atoms with Crippen LogP contribution in [0.25, 0.3) is 11.0 Å². The van der Waals surface area contributed by atoms with Crippen LogP contribution in [-0.4, -0.2) is 22.1 Å². The van der Waals surface area contributed by atoms with E-state index in [0.717, 1.165) is 22.4 Å². The molecule has 5 heteroatoms. The largest absolute Gasteiger partial charge is 0.466 e. The lowest BCUT2D eigenvalue weighted by molar-refractivity contribution is -0.143. The van der Waals surface area contributed by atoms with Gasteiger partial charge in [0.15, 0.2) is 0 Å². The van der Waals surface area contributed by atoms with Crippen molar-refractivity contribution in [3.63, 3.8) is 0 Å². The fourth-order valence-corrected chi connectivity index (χ4v) is 2.52. The van der Waals surface area contributed by atoms with Gasteiger partial charge in [-0.25, -0.2) is 4.98 Å². The Morgan fingerprint density at radius 1 is 1.50 bits per heavy atom.